The fourth-order valence-electron chi connectivity index (χ4n) is 3.24. The van der Waals surface area contributed by atoms with Gasteiger partial charge in [0.15, 0.2) is 0 Å². The van der Waals surface area contributed by atoms with Crippen LogP contribution in [0.4, 0.5) is 0 Å². The molecule has 0 bridgehead atoms. The molecule has 0 saturated heterocycles. The van der Waals surface area contributed by atoms with Crippen LogP contribution in [-0.4, -0.2) is 17.3 Å². The van der Waals surface area contributed by atoms with Crippen molar-refractivity contribution in [2.45, 2.75) is 70.8 Å². The molecule has 0 radical (unpaired) electrons. The van der Waals surface area contributed by atoms with Crippen LogP contribution in [0.1, 0.15) is 65.2 Å². The average Bonchev–Trinajstić information content (AvgIpc) is 2.29. The van der Waals surface area contributed by atoms with Crippen molar-refractivity contribution in [1.29, 1.82) is 0 Å². The van der Waals surface area contributed by atoms with Crippen molar-refractivity contribution in [3.8, 4) is 0 Å². The molecule has 2 heteroatoms. The van der Waals surface area contributed by atoms with E-state index < -0.39 is 5.60 Å². The Balaban J connectivity index is 2.47. The van der Waals surface area contributed by atoms with Gasteiger partial charge in [-0.05, 0) is 50.5 Å². The van der Waals surface area contributed by atoms with E-state index >= 15 is 0 Å². The van der Waals surface area contributed by atoms with Crippen LogP contribution in [-0.2, 0) is 0 Å². The summed E-state index contributed by atoms with van der Waals surface area (Å²) in [6.07, 6.45) is 9.15. The summed E-state index contributed by atoms with van der Waals surface area (Å²) >= 11 is 0. The molecule has 0 amide bonds. The molecule has 0 aliphatic heterocycles. The Morgan fingerprint density at radius 2 is 1.88 bits per heavy atom. The van der Waals surface area contributed by atoms with Gasteiger partial charge in [-0.15, -0.1) is 0 Å². The summed E-state index contributed by atoms with van der Waals surface area (Å²) in [4.78, 5) is 0. The van der Waals surface area contributed by atoms with E-state index in [4.69, 9.17) is 5.73 Å². The molecule has 1 rings (SSSR count). The highest BCUT2D eigenvalue weighted by Gasteiger charge is 2.38. The lowest BCUT2D eigenvalue weighted by molar-refractivity contribution is -0.0599. The highest BCUT2D eigenvalue weighted by molar-refractivity contribution is 4.91. The molecule has 1 aliphatic rings. The van der Waals surface area contributed by atoms with Crippen LogP contribution in [0.15, 0.2) is 0 Å². The van der Waals surface area contributed by atoms with Crippen molar-refractivity contribution >= 4 is 0 Å². The predicted octanol–water partition coefficient (Wildman–Crippen LogP) is 3.08. The van der Waals surface area contributed by atoms with E-state index in [-0.39, 0.29) is 0 Å². The first-order valence-electron chi connectivity index (χ1n) is 7.08. The molecule has 1 unspecified atom stereocenters. The van der Waals surface area contributed by atoms with Crippen LogP contribution in [0.25, 0.3) is 0 Å². The molecule has 1 aliphatic carbocycles. The Bertz CT molecular complexity index is 185. The maximum absolute atomic E-state index is 10.7. The fourth-order valence-corrected chi connectivity index (χ4v) is 3.24. The molecule has 16 heavy (non-hydrogen) atoms. The van der Waals surface area contributed by atoms with Crippen molar-refractivity contribution in [1.82, 2.24) is 0 Å². The first-order valence-corrected chi connectivity index (χ1v) is 7.08. The van der Waals surface area contributed by atoms with Gasteiger partial charge in [0.05, 0.1) is 5.60 Å². The van der Waals surface area contributed by atoms with Crippen molar-refractivity contribution in [3.05, 3.63) is 0 Å². The van der Waals surface area contributed by atoms with Gasteiger partial charge in [0, 0.05) is 0 Å². The molecule has 3 N–H and O–H groups in total. The number of hydrogen-bond acceptors (Lipinski definition) is 2. The first-order chi connectivity index (χ1) is 7.66. The van der Waals surface area contributed by atoms with Gasteiger partial charge >= 0.3 is 0 Å². The molecule has 0 aromatic rings. The lowest BCUT2D eigenvalue weighted by atomic mass is 9.70. The monoisotopic (exact) mass is 227 g/mol. The largest absolute Gasteiger partial charge is 0.390 e. The molecule has 1 saturated carbocycles. The lowest BCUT2D eigenvalue weighted by Crippen LogP contribution is -2.44. The Kier molecular flexibility index (Phi) is 5.77. The minimum Gasteiger partial charge on any atom is -0.390 e. The Morgan fingerprint density at radius 3 is 2.31 bits per heavy atom. The summed E-state index contributed by atoms with van der Waals surface area (Å²) in [5.41, 5.74) is 5.36. The number of aliphatic hydroxyl groups is 1. The van der Waals surface area contributed by atoms with Gasteiger partial charge in [0.2, 0.25) is 0 Å². The molecular formula is C14H29NO. The smallest absolute Gasteiger partial charge is 0.0688 e. The van der Waals surface area contributed by atoms with E-state index in [9.17, 15) is 5.11 Å². The van der Waals surface area contributed by atoms with E-state index in [0.717, 1.165) is 31.6 Å². The zero-order chi connectivity index (χ0) is 12.0. The fraction of sp³-hybridized carbons (Fsp3) is 1.00. The van der Waals surface area contributed by atoms with Gasteiger partial charge < -0.3 is 10.8 Å². The minimum atomic E-state index is -0.449. The standard InChI is InChI=1S/C14H29NO/c1-3-5-12-7-9-14(16,10-8-12)13(11-15)6-4-2/h12-13,16H,3-11,15H2,1-2H3. The SMILES string of the molecule is CCCC1CCC(O)(C(CN)CCC)CC1. The molecule has 0 heterocycles. The topological polar surface area (TPSA) is 46.2 Å². The summed E-state index contributed by atoms with van der Waals surface area (Å²) in [6.45, 7) is 5.07. The molecule has 1 atom stereocenters. The summed E-state index contributed by atoms with van der Waals surface area (Å²) in [7, 11) is 0. The summed E-state index contributed by atoms with van der Waals surface area (Å²) in [5.74, 6) is 1.17. The van der Waals surface area contributed by atoms with Crippen molar-refractivity contribution in [2.24, 2.45) is 17.6 Å². The van der Waals surface area contributed by atoms with Crippen LogP contribution < -0.4 is 5.73 Å². The third-order valence-electron chi connectivity index (χ3n) is 4.35. The average molecular weight is 227 g/mol. The van der Waals surface area contributed by atoms with E-state index in [0.29, 0.717) is 12.5 Å². The van der Waals surface area contributed by atoms with Gasteiger partial charge in [-0.3, -0.25) is 0 Å². The maximum atomic E-state index is 10.7. The molecule has 96 valence electrons. The van der Waals surface area contributed by atoms with Crippen LogP contribution in [0, 0.1) is 11.8 Å². The summed E-state index contributed by atoms with van der Waals surface area (Å²) in [5, 5.41) is 10.7. The lowest BCUT2D eigenvalue weighted by Gasteiger charge is -2.41. The summed E-state index contributed by atoms with van der Waals surface area (Å²) in [6, 6.07) is 0. The maximum Gasteiger partial charge on any atom is 0.0688 e. The Labute approximate surface area is 101 Å². The van der Waals surface area contributed by atoms with E-state index in [2.05, 4.69) is 13.8 Å². The van der Waals surface area contributed by atoms with Gasteiger partial charge in [-0.2, -0.15) is 0 Å². The Hall–Kier alpha value is -0.0800. The van der Waals surface area contributed by atoms with Crippen LogP contribution >= 0.6 is 0 Å². The van der Waals surface area contributed by atoms with Gasteiger partial charge in [-0.25, -0.2) is 0 Å². The molecule has 0 aromatic heterocycles. The van der Waals surface area contributed by atoms with Gasteiger partial charge in [0.25, 0.3) is 0 Å². The number of nitrogens with two attached hydrogens (primary N) is 1. The zero-order valence-corrected chi connectivity index (χ0v) is 11.0. The second-order valence-corrected chi connectivity index (χ2v) is 5.56. The Morgan fingerprint density at radius 1 is 1.25 bits per heavy atom. The molecule has 0 spiro atoms. The molecule has 1 fully saturated rings. The first kappa shape index (κ1) is 14.0. The van der Waals surface area contributed by atoms with E-state index in [1.54, 1.807) is 0 Å². The summed E-state index contributed by atoms with van der Waals surface area (Å²) < 4.78 is 0. The predicted molar refractivity (Wildman–Crippen MR) is 69.3 cm³/mol. The zero-order valence-electron chi connectivity index (χ0n) is 11.0. The third-order valence-corrected chi connectivity index (χ3v) is 4.35. The van der Waals surface area contributed by atoms with Gasteiger partial charge in [0.1, 0.15) is 0 Å². The molecule has 0 aromatic carbocycles. The number of rotatable bonds is 6. The quantitative estimate of drug-likeness (QED) is 0.732. The van der Waals surface area contributed by atoms with Crippen LogP contribution in [0.3, 0.4) is 0 Å². The van der Waals surface area contributed by atoms with E-state index in [1.165, 1.54) is 25.7 Å². The molecular weight excluding hydrogens is 198 g/mol. The normalized spacial score (nSPS) is 32.6. The minimum absolute atomic E-state index is 0.320. The van der Waals surface area contributed by atoms with Crippen LogP contribution in [0.2, 0.25) is 0 Å². The van der Waals surface area contributed by atoms with Gasteiger partial charge in [-0.1, -0.05) is 33.1 Å². The van der Waals surface area contributed by atoms with Crippen molar-refractivity contribution < 1.29 is 5.11 Å². The van der Waals surface area contributed by atoms with Crippen molar-refractivity contribution in [3.63, 3.8) is 0 Å². The molecule has 2 nitrogen and oxygen atoms in total. The second-order valence-electron chi connectivity index (χ2n) is 5.56. The third kappa shape index (κ3) is 3.46. The highest BCUT2D eigenvalue weighted by atomic mass is 16.3. The van der Waals surface area contributed by atoms with Crippen molar-refractivity contribution in [2.75, 3.05) is 6.54 Å². The van der Waals surface area contributed by atoms with E-state index in [1.807, 2.05) is 0 Å². The van der Waals surface area contributed by atoms with Crippen LogP contribution in [0.5, 0.6) is 0 Å². The number of hydrogen-bond donors (Lipinski definition) is 2. The second kappa shape index (κ2) is 6.61. The highest BCUT2D eigenvalue weighted by Crippen LogP contribution is 2.39.